The van der Waals surface area contributed by atoms with Crippen molar-refractivity contribution in [3.63, 3.8) is 0 Å². The lowest BCUT2D eigenvalue weighted by atomic mass is 9.52. The maximum absolute atomic E-state index is 11.4. The van der Waals surface area contributed by atoms with Gasteiger partial charge in [0.1, 0.15) is 5.60 Å². The summed E-state index contributed by atoms with van der Waals surface area (Å²) in [6, 6.07) is 0. The summed E-state index contributed by atoms with van der Waals surface area (Å²) in [6.45, 7) is 11.7. The molecule has 0 aromatic rings. The number of unbranched alkanes of at least 4 members (excludes halogenated alkanes) is 1. The number of carbonyl (C=O) groups excluding carboxylic acids is 4. The Morgan fingerprint density at radius 1 is 1.07 bits per heavy atom. The van der Waals surface area contributed by atoms with Gasteiger partial charge in [-0.2, -0.15) is 12.6 Å². The van der Waals surface area contributed by atoms with Crippen LogP contribution in [-0.4, -0.2) is 72.6 Å². The summed E-state index contributed by atoms with van der Waals surface area (Å²) < 4.78 is 24.7. The Balaban J connectivity index is 0.000000172. The van der Waals surface area contributed by atoms with Gasteiger partial charge >= 0.3 is 23.9 Å². The average Bonchev–Trinajstić information content (AvgIpc) is 3.72. The lowest BCUT2D eigenvalue weighted by Gasteiger charge is -2.59. The third-order valence-corrected chi connectivity index (χ3v) is 10.1. The molecule has 0 radical (unpaired) electrons. The highest BCUT2D eigenvalue weighted by Gasteiger charge is 2.59. The summed E-state index contributed by atoms with van der Waals surface area (Å²) >= 11 is 3.77. The number of hydrogen-bond acceptors (Lipinski definition) is 11. The molecule has 6 saturated carbocycles. The van der Waals surface area contributed by atoms with E-state index in [2.05, 4.69) is 37.4 Å². The molecule has 0 aromatic heterocycles. The van der Waals surface area contributed by atoms with Crippen molar-refractivity contribution in [3.8, 4) is 0 Å². The smallest absolute Gasteiger partial charge is 0.330 e. The zero-order valence-electron chi connectivity index (χ0n) is 27.1. The van der Waals surface area contributed by atoms with Crippen LogP contribution in [0, 0.1) is 35.5 Å². The monoisotopic (exact) mass is 652 g/mol. The highest BCUT2D eigenvalue weighted by atomic mass is 32.1. The van der Waals surface area contributed by atoms with Crippen molar-refractivity contribution in [2.75, 3.05) is 26.1 Å². The minimum Gasteiger partial charge on any atom is -0.466 e. The lowest BCUT2D eigenvalue weighted by molar-refractivity contribution is -0.216. The molecule has 1 aliphatic heterocycles. The van der Waals surface area contributed by atoms with Gasteiger partial charge in [0.15, 0.2) is 6.29 Å². The molecule has 0 aromatic carbocycles. The first-order chi connectivity index (χ1) is 21.4. The average molecular weight is 653 g/mol. The second-order valence-electron chi connectivity index (χ2n) is 13.3. The molecule has 254 valence electrons. The van der Waals surface area contributed by atoms with Crippen LogP contribution < -0.4 is 0 Å². The number of thiol groups is 1. The Morgan fingerprint density at radius 2 is 1.71 bits per heavy atom. The Bertz CT molecular complexity index is 1050. The number of fused-ring (bicyclic) bond motifs is 5. The molecule has 1 N–H and O–H groups in total. The molecule has 7 aliphatic rings. The van der Waals surface area contributed by atoms with Crippen molar-refractivity contribution < 1.29 is 48.0 Å². The number of aliphatic hydroxyl groups is 1. The van der Waals surface area contributed by atoms with E-state index in [0.29, 0.717) is 42.6 Å². The third-order valence-electron chi connectivity index (χ3n) is 9.88. The van der Waals surface area contributed by atoms with Crippen molar-refractivity contribution in [1.29, 1.82) is 0 Å². The van der Waals surface area contributed by atoms with E-state index in [9.17, 15) is 24.3 Å². The first-order valence-electron chi connectivity index (χ1n) is 16.3. The van der Waals surface area contributed by atoms with E-state index in [0.717, 1.165) is 57.1 Å². The van der Waals surface area contributed by atoms with E-state index in [-0.39, 0.29) is 29.3 Å². The number of methoxy groups -OCH3 is 1. The maximum atomic E-state index is 11.4. The molecule has 1 heterocycles. The molecule has 7 rings (SSSR count). The standard InChI is InChI=1S/C13H18O3.C9H12O2.C8H16O3S.C4H6O2/c1-2-11(14)16-13-6-9-3-10(7-13)5-12(15,4-9)8-13;10-9-8-6-2-1-5(3-6)7(8)4-11-9;1-3-4-5-10-7(2)11-8(9)6-12;1-3-4(5)6-2/h2,9-10,15H,1,3-8H2;5-8H,1-4H2;7,12H,3-6H2,1-2H3;3H,1H2,2H3. The van der Waals surface area contributed by atoms with Crippen LogP contribution >= 0.6 is 12.6 Å². The van der Waals surface area contributed by atoms with Crippen LogP contribution in [0.15, 0.2) is 25.3 Å². The van der Waals surface area contributed by atoms with Crippen LogP contribution in [0.2, 0.25) is 0 Å². The van der Waals surface area contributed by atoms with Crippen molar-refractivity contribution in [2.24, 2.45) is 35.5 Å². The topological polar surface area (TPSA) is 135 Å². The van der Waals surface area contributed by atoms with Crippen LogP contribution in [0.4, 0.5) is 0 Å². The third kappa shape index (κ3) is 10.3. The molecule has 7 unspecified atom stereocenters. The molecule has 6 aliphatic carbocycles. The van der Waals surface area contributed by atoms with Gasteiger partial charge in [0.05, 0.1) is 37.6 Å². The fourth-order valence-corrected chi connectivity index (χ4v) is 8.61. The van der Waals surface area contributed by atoms with Gasteiger partial charge in [0.2, 0.25) is 0 Å². The van der Waals surface area contributed by atoms with Crippen molar-refractivity contribution >= 4 is 36.5 Å². The van der Waals surface area contributed by atoms with Gasteiger partial charge in [0, 0.05) is 24.5 Å². The second kappa shape index (κ2) is 17.0. The molecule has 0 spiro atoms. The molecule has 0 amide bonds. The predicted molar refractivity (Wildman–Crippen MR) is 170 cm³/mol. The fourth-order valence-electron chi connectivity index (χ4n) is 8.53. The van der Waals surface area contributed by atoms with Gasteiger partial charge in [-0.25, -0.2) is 9.59 Å². The van der Waals surface area contributed by atoms with E-state index < -0.39 is 17.9 Å². The van der Waals surface area contributed by atoms with Crippen molar-refractivity contribution in [1.82, 2.24) is 0 Å². The first kappa shape index (κ1) is 37.1. The number of esters is 4. The molecule has 7 atom stereocenters. The number of rotatable bonds is 9. The summed E-state index contributed by atoms with van der Waals surface area (Å²) in [5.41, 5.74) is -0.949. The van der Waals surface area contributed by atoms with E-state index in [1.165, 1.54) is 38.9 Å². The number of hydrogen-bond donors (Lipinski definition) is 2. The molecule has 7 fully saturated rings. The molecular weight excluding hydrogens is 600 g/mol. The molecule has 6 bridgehead atoms. The van der Waals surface area contributed by atoms with E-state index in [1.54, 1.807) is 6.92 Å². The van der Waals surface area contributed by atoms with Crippen LogP contribution in [0.1, 0.15) is 84.5 Å². The summed E-state index contributed by atoms with van der Waals surface area (Å²) in [5, 5.41) is 10.4. The Morgan fingerprint density at radius 3 is 2.22 bits per heavy atom. The largest absolute Gasteiger partial charge is 0.466 e. The minimum absolute atomic E-state index is 0.0987. The molecule has 10 nitrogen and oxygen atoms in total. The fraction of sp³-hybridized carbons (Fsp3) is 0.765. The van der Waals surface area contributed by atoms with E-state index >= 15 is 0 Å². The first-order valence-corrected chi connectivity index (χ1v) is 16.9. The van der Waals surface area contributed by atoms with Gasteiger partial charge in [-0.3, -0.25) is 9.59 Å². The summed E-state index contributed by atoms with van der Waals surface area (Å²) in [4.78, 5) is 43.1. The normalized spacial score (nSPS) is 34.6. The van der Waals surface area contributed by atoms with Crippen molar-refractivity contribution in [2.45, 2.75) is 102 Å². The van der Waals surface area contributed by atoms with E-state index in [1.807, 2.05) is 0 Å². The second-order valence-corrected chi connectivity index (χ2v) is 13.6. The lowest BCUT2D eigenvalue weighted by Crippen LogP contribution is -2.60. The molecule has 1 saturated heterocycles. The van der Waals surface area contributed by atoms with Crippen LogP contribution in [-0.2, 0) is 42.9 Å². The van der Waals surface area contributed by atoms with Crippen LogP contribution in [0.5, 0.6) is 0 Å². The quantitative estimate of drug-likeness (QED) is 0.0878. The van der Waals surface area contributed by atoms with Crippen LogP contribution in [0.25, 0.3) is 0 Å². The maximum Gasteiger partial charge on any atom is 0.330 e. The highest BCUT2D eigenvalue weighted by molar-refractivity contribution is 7.81. The van der Waals surface area contributed by atoms with Crippen LogP contribution in [0.3, 0.4) is 0 Å². The summed E-state index contributed by atoms with van der Waals surface area (Å²) in [6.07, 6.45) is 13.4. The number of carbonyl (C=O) groups is 4. The van der Waals surface area contributed by atoms with Gasteiger partial charge in [-0.1, -0.05) is 26.5 Å². The Labute approximate surface area is 273 Å². The predicted octanol–water partition coefficient (Wildman–Crippen LogP) is 4.97. The number of cyclic esters (lactones) is 1. The Hall–Kier alpha value is -2.37. The minimum atomic E-state index is -0.564. The van der Waals surface area contributed by atoms with E-state index in [4.69, 9.17) is 18.9 Å². The van der Waals surface area contributed by atoms with Gasteiger partial charge in [-0.15, -0.1) is 0 Å². The summed E-state index contributed by atoms with van der Waals surface area (Å²) in [7, 11) is 1.31. The van der Waals surface area contributed by atoms with Gasteiger partial charge in [-0.05, 0) is 88.4 Å². The molecular formula is C34H52O10S. The highest BCUT2D eigenvalue weighted by Crippen LogP contribution is 2.59. The zero-order chi connectivity index (χ0) is 33.2. The zero-order valence-corrected chi connectivity index (χ0v) is 28.0. The van der Waals surface area contributed by atoms with Gasteiger partial charge < -0.3 is 28.8 Å². The molecule has 45 heavy (non-hydrogen) atoms. The van der Waals surface area contributed by atoms with Crippen molar-refractivity contribution in [3.05, 3.63) is 25.3 Å². The number of ether oxygens (including phenoxy) is 5. The van der Waals surface area contributed by atoms with Gasteiger partial charge in [0.25, 0.3) is 0 Å². The summed E-state index contributed by atoms with van der Waals surface area (Å²) in [5.74, 6) is 2.66. The SMILES string of the molecule is C=CC(=O)OC.C=CC(=O)OC12CC3CC(CC(O)(C3)C1)C2.CCCCOC(C)OC(=O)CS.O=C1OCC2C3CCC(C3)C12. The Kier molecular flexibility index (Phi) is 14.0. The molecule has 11 heteroatoms.